The fraction of sp³-hybridized carbons (Fsp3) is 0.778. The third-order valence-electron chi connectivity index (χ3n) is 2.87. The first kappa shape index (κ1) is 11.9. The van der Waals surface area contributed by atoms with Crippen LogP contribution in [0.5, 0.6) is 0 Å². The van der Waals surface area contributed by atoms with Gasteiger partial charge < -0.3 is 20.3 Å². The Morgan fingerprint density at radius 1 is 1.67 bits per heavy atom. The van der Waals surface area contributed by atoms with Crippen molar-refractivity contribution in [2.75, 3.05) is 7.11 Å². The maximum atomic E-state index is 11.5. The highest BCUT2D eigenvalue weighted by Crippen LogP contribution is 2.30. The van der Waals surface area contributed by atoms with Crippen LogP contribution in [-0.2, 0) is 14.3 Å². The third-order valence-corrected chi connectivity index (χ3v) is 2.87. The van der Waals surface area contributed by atoms with Crippen LogP contribution in [-0.4, -0.2) is 46.9 Å². The number of rotatable bonds is 2. The molecular formula is C9H15NO5. The monoisotopic (exact) mass is 217 g/mol. The van der Waals surface area contributed by atoms with Gasteiger partial charge in [0.1, 0.15) is 6.10 Å². The molecular weight excluding hydrogens is 202 g/mol. The quantitative estimate of drug-likeness (QED) is 0.484. The lowest BCUT2D eigenvalue weighted by molar-refractivity contribution is -0.159. The topological polar surface area (TPSA) is 95.9 Å². The average Bonchev–Trinajstić information content (AvgIpc) is 2.42. The second kappa shape index (κ2) is 3.79. The van der Waals surface area contributed by atoms with Crippen molar-refractivity contribution < 1.29 is 24.5 Å². The number of nitrogens with one attached hydrogen (secondary N) is 1. The maximum absolute atomic E-state index is 11.5. The smallest absolute Gasteiger partial charge is 0.337 e. The lowest BCUT2D eigenvalue weighted by Gasteiger charge is -2.32. The van der Waals surface area contributed by atoms with E-state index in [1.165, 1.54) is 13.8 Å². The van der Waals surface area contributed by atoms with Crippen molar-refractivity contribution in [1.29, 1.82) is 0 Å². The first-order chi connectivity index (χ1) is 6.87. The molecule has 3 N–H and O–H groups in total. The van der Waals surface area contributed by atoms with Gasteiger partial charge in [0.25, 0.3) is 0 Å². The number of esters is 1. The van der Waals surface area contributed by atoms with Crippen molar-refractivity contribution in [3.8, 4) is 0 Å². The van der Waals surface area contributed by atoms with Gasteiger partial charge in [-0.25, -0.2) is 4.79 Å². The molecule has 6 heteroatoms. The van der Waals surface area contributed by atoms with Crippen LogP contribution >= 0.6 is 0 Å². The summed E-state index contributed by atoms with van der Waals surface area (Å²) in [5, 5.41) is 21.6. The molecule has 86 valence electrons. The molecule has 1 fully saturated rings. The van der Waals surface area contributed by atoms with E-state index in [4.69, 9.17) is 0 Å². The molecule has 1 aliphatic heterocycles. The van der Waals surface area contributed by atoms with E-state index in [0.29, 0.717) is 0 Å². The Balaban J connectivity index is 3.14. The second-order valence-electron chi connectivity index (χ2n) is 3.76. The van der Waals surface area contributed by atoms with E-state index >= 15 is 0 Å². The molecule has 4 unspecified atom stereocenters. The number of ether oxygens (including phenoxy) is 1. The molecule has 0 bridgehead atoms. The fourth-order valence-corrected chi connectivity index (χ4v) is 1.79. The Hall–Kier alpha value is -1.14. The Morgan fingerprint density at radius 3 is 2.47 bits per heavy atom. The van der Waals surface area contributed by atoms with Gasteiger partial charge in [-0.1, -0.05) is 6.92 Å². The summed E-state index contributed by atoms with van der Waals surface area (Å²) in [7, 11) is 1.13. The maximum Gasteiger partial charge on any atom is 0.337 e. The number of aliphatic hydroxyl groups excluding tert-OH is 2. The molecule has 0 radical (unpaired) electrons. The summed E-state index contributed by atoms with van der Waals surface area (Å²) in [6.07, 6.45) is -2.52. The Labute approximate surface area is 87.2 Å². The van der Waals surface area contributed by atoms with Crippen LogP contribution in [0.2, 0.25) is 0 Å². The average molecular weight is 217 g/mol. The van der Waals surface area contributed by atoms with E-state index in [2.05, 4.69) is 10.1 Å². The Morgan fingerprint density at radius 2 is 2.20 bits per heavy atom. The zero-order valence-electron chi connectivity index (χ0n) is 8.85. The molecule has 0 saturated carbocycles. The normalized spacial score (nSPS) is 37.3. The molecule has 4 atom stereocenters. The predicted octanol–water partition coefficient (Wildman–Crippen LogP) is -1.59. The Kier molecular flexibility index (Phi) is 3.01. The molecule has 1 rings (SSSR count). The van der Waals surface area contributed by atoms with Gasteiger partial charge in [0.15, 0.2) is 5.54 Å². The van der Waals surface area contributed by atoms with Crippen LogP contribution in [0.15, 0.2) is 0 Å². The summed E-state index contributed by atoms with van der Waals surface area (Å²) >= 11 is 0. The third kappa shape index (κ3) is 1.49. The van der Waals surface area contributed by atoms with Crippen LogP contribution in [0, 0.1) is 5.92 Å². The van der Waals surface area contributed by atoms with Crippen molar-refractivity contribution >= 4 is 11.9 Å². The summed E-state index contributed by atoms with van der Waals surface area (Å²) in [6, 6.07) is 0. The molecule has 6 nitrogen and oxygen atoms in total. The predicted molar refractivity (Wildman–Crippen MR) is 49.7 cm³/mol. The van der Waals surface area contributed by atoms with E-state index in [0.717, 1.165) is 7.11 Å². The first-order valence-electron chi connectivity index (χ1n) is 4.64. The van der Waals surface area contributed by atoms with Gasteiger partial charge in [-0.05, 0) is 6.92 Å². The van der Waals surface area contributed by atoms with E-state index < -0.39 is 35.5 Å². The van der Waals surface area contributed by atoms with Gasteiger partial charge in [0, 0.05) is 0 Å². The number of hydrogen-bond acceptors (Lipinski definition) is 5. The summed E-state index contributed by atoms with van der Waals surface area (Å²) in [6.45, 7) is 2.80. The minimum atomic E-state index is -1.74. The zero-order valence-corrected chi connectivity index (χ0v) is 8.85. The molecule has 0 spiro atoms. The molecule has 0 aliphatic carbocycles. The van der Waals surface area contributed by atoms with Gasteiger partial charge in [-0.2, -0.15) is 0 Å². The minimum absolute atomic E-state index is 0.478. The van der Waals surface area contributed by atoms with E-state index in [1.54, 1.807) is 0 Å². The standard InChI is InChI=1S/C9H15NO5/c1-4-6(12)9(5(2)11,8(14)15-3)10-7(4)13/h4-6,11-12H,1-3H3,(H,10,13). The highest BCUT2D eigenvalue weighted by Gasteiger charge is 2.59. The lowest BCUT2D eigenvalue weighted by Crippen LogP contribution is -2.63. The number of hydrogen-bond donors (Lipinski definition) is 3. The highest BCUT2D eigenvalue weighted by atomic mass is 16.5. The minimum Gasteiger partial charge on any atom is -0.467 e. The van der Waals surface area contributed by atoms with E-state index in [1.807, 2.05) is 0 Å². The van der Waals surface area contributed by atoms with Gasteiger partial charge in [0.2, 0.25) is 5.91 Å². The molecule has 0 aromatic heterocycles. The van der Waals surface area contributed by atoms with Crippen molar-refractivity contribution in [2.24, 2.45) is 5.92 Å². The second-order valence-corrected chi connectivity index (χ2v) is 3.76. The van der Waals surface area contributed by atoms with Gasteiger partial charge in [0.05, 0.1) is 19.1 Å². The number of methoxy groups -OCH3 is 1. The van der Waals surface area contributed by atoms with Gasteiger partial charge in [-0.15, -0.1) is 0 Å². The van der Waals surface area contributed by atoms with Crippen molar-refractivity contribution in [1.82, 2.24) is 5.32 Å². The number of aliphatic hydroxyl groups is 2. The molecule has 1 saturated heterocycles. The van der Waals surface area contributed by atoms with E-state index in [9.17, 15) is 19.8 Å². The SMILES string of the molecule is COC(=O)C1(C(C)O)NC(=O)C(C)C1O. The molecule has 1 heterocycles. The number of carbonyl (C=O) groups is 2. The zero-order chi connectivity index (χ0) is 11.8. The summed E-state index contributed by atoms with van der Waals surface area (Å²) in [5.74, 6) is -2.07. The lowest BCUT2D eigenvalue weighted by atomic mass is 9.85. The van der Waals surface area contributed by atoms with Crippen LogP contribution in [0.3, 0.4) is 0 Å². The van der Waals surface area contributed by atoms with Crippen LogP contribution < -0.4 is 5.32 Å². The molecule has 0 aromatic rings. The highest BCUT2D eigenvalue weighted by molar-refractivity contribution is 5.94. The largest absolute Gasteiger partial charge is 0.467 e. The van der Waals surface area contributed by atoms with Crippen LogP contribution in [0.1, 0.15) is 13.8 Å². The van der Waals surface area contributed by atoms with Crippen molar-refractivity contribution in [3.05, 3.63) is 0 Å². The molecule has 0 aromatic carbocycles. The van der Waals surface area contributed by atoms with Gasteiger partial charge in [-0.3, -0.25) is 4.79 Å². The summed E-state index contributed by atoms with van der Waals surface area (Å²) in [4.78, 5) is 22.9. The first-order valence-corrected chi connectivity index (χ1v) is 4.64. The van der Waals surface area contributed by atoms with Crippen molar-refractivity contribution in [2.45, 2.75) is 31.6 Å². The van der Waals surface area contributed by atoms with Crippen LogP contribution in [0.25, 0.3) is 0 Å². The number of amides is 1. The van der Waals surface area contributed by atoms with E-state index in [-0.39, 0.29) is 0 Å². The number of carbonyl (C=O) groups excluding carboxylic acids is 2. The van der Waals surface area contributed by atoms with Crippen LogP contribution in [0.4, 0.5) is 0 Å². The Bertz CT molecular complexity index is 290. The van der Waals surface area contributed by atoms with Crippen molar-refractivity contribution in [3.63, 3.8) is 0 Å². The van der Waals surface area contributed by atoms with Gasteiger partial charge >= 0.3 is 5.97 Å². The molecule has 15 heavy (non-hydrogen) atoms. The molecule has 1 amide bonds. The fourth-order valence-electron chi connectivity index (χ4n) is 1.79. The summed E-state index contributed by atoms with van der Waals surface area (Å²) < 4.78 is 4.49. The molecule has 1 aliphatic rings. The summed E-state index contributed by atoms with van der Waals surface area (Å²) in [5.41, 5.74) is -1.74.